The standard InChI is InChI=1S/C33H33ClFN3O6/c1-19-11-23(36-7-9-42-10-8-36)12-27(34)30(19)32(39)37-15-20-3-2-4-24(31(20)44-18-37)25-14-29(26(33(40)41)13-28(25)35)38-21-5-6-22(38)17-43-16-21/h2-4,11-14,21-22H,5-10,15-18H2,1H3,(H,40,41). The Bertz CT molecular complexity index is 1600. The topological polar surface area (TPSA) is 91.8 Å². The SMILES string of the molecule is Cc1cc(N2CCOCC2)cc(Cl)c1C(=O)N1COc2c(cccc2-c2cc(N3C4CCC3COC4)c(C(=O)O)cc2F)C1. The normalized spacial score (nSPS) is 21.2. The maximum Gasteiger partial charge on any atom is 0.337 e. The first-order valence-corrected chi connectivity index (χ1v) is 15.3. The number of nitrogens with zero attached hydrogens (tertiary/aromatic N) is 3. The monoisotopic (exact) mass is 621 g/mol. The van der Waals surface area contributed by atoms with Gasteiger partial charge in [-0.1, -0.05) is 29.8 Å². The molecule has 0 spiro atoms. The number of benzene rings is 3. The van der Waals surface area contributed by atoms with E-state index in [9.17, 15) is 14.7 Å². The highest BCUT2D eigenvalue weighted by atomic mass is 35.5. The summed E-state index contributed by atoms with van der Waals surface area (Å²) >= 11 is 6.69. The molecule has 1 N–H and O–H groups in total. The molecular formula is C33H33ClFN3O6. The van der Waals surface area contributed by atoms with Crippen LogP contribution < -0.4 is 14.5 Å². The van der Waals surface area contributed by atoms with Gasteiger partial charge in [0.2, 0.25) is 0 Å². The van der Waals surface area contributed by atoms with Crippen LogP contribution in [0.5, 0.6) is 5.75 Å². The molecule has 230 valence electrons. The van der Waals surface area contributed by atoms with E-state index >= 15 is 4.39 Å². The number of aryl methyl sites for hydroxylation is 1. The lowest BCUT2D eigenvalue weighted by Crippen LogP contribution is -2.46. The summed E-state index contributed by atoms with van der Waals surface area (Å²) in [7, 11) is 0. The Morgan fingerprint density at radius 1 is 1.00 bits per heavy atom. The first-order valence-electron chi connectivity index (χ1n) is 14.9. The predicted octanol–water partition coefficient (Wildman–Crippen LogP) is 5.35. The van der Waals surface area contributed by atoms with Crippen LogP contribution in [-0.2, 0) is 16.0 Å². The molecule has 0 radical (unpaired) electrons. The summed E-state index contributed by atoms with van der Waals surface area (Å²) in [6.07, 6.45) is 1.78. The number of carbonyl (C=O) groups is 2. The van der Waals surface area contributed by atoms with Crippen LogP contribution in [0.3, 0.4) is 0 Å². The first-order chi connectivity index (χ1) is 21.3. The van der Waals surface area contributed by atoms with Gasteiger partial charge in [0, 0.05) is 35.5 Å². The second-order valence-electron chi connectivity index (χ2n) is 11.8. The van der Waals surface area contributed by atoms with Crippen LogP contribution >= 0.6 is 11.6 Å². The maximum absolute atomic E-state index is 15.7. The summed E-state index contributed by atoms with van der Waals surface area (Å²) in [5, 5.41) is 10.3. The number of aromatic carboxylic acids is 1. The molecule has 0 aromatic heterocycles. The summed E-state index contributed by atoms with van der Waals surface area (Å²) in [4.78, 5) is 31.8. The number of rotatable bonds is 5. The molecule has 3 aromatic rings. The van der Waals surface area contributed by atoms with Gasteiger partial charge in [-0.2, -0.15) is 0 Å². The molecule has 3 aromatic carbocycles. The van der Waals surface area contributed by atoms with Crippen LogP contribution in [-0.4, -0.2) is 80.2 Å². The third-order valence-corrected chi connectivity index (χ3v) is 9.39. The molecule has 4 heterocycles. The fourth-order valence-electron chi connectivity index (χ4n) is 6.95. The van der Waals surface area contributed by atoms with Crippen molar-refractivity contribution in [3.63, 3.8) is 0 Å². The Labute approximate surface area is 259 Å². The largest absolute Gasteiger partial charge is 0.478 e. The molecular weight excluding hydrogens is 589 g/mol. The van der Waals surface area contributed by atoms with E-state index in [1.165, 1.54) is 0 Å². The van der Waals surface area contributed by atoms with Crippen molar-refractivity contribution in [1.29, 1.82) is 0 Å². The van der Waals surface area contributed by atoms with Crippen molar-refractivity contribution in [2.45, 2.75) is 38.4 Å². The van der Waals surface area contributed by atoms with Gasteiger partial charge in [0.05, 0.1) is 66.9 Å². The molecule has 4 aliphatic rings. The molecule has 44 heavy (non-hydrogen) atoms. The van der Waals surface area contributed by atoms with Gasteiger partial charge in [0.25, 0.3) is 5.91 Å². The summed E-state index contributed by atoms with van der Waals surface area (Å²) in [5.74, 6) is -1.60. The van der Waals surface area contributed by atoms with Gasteiger partial charge in [-0.05, 0) is 49.6 Å². The van der Waals surface area contributed by atoms with E-state index in [1.54, 1.807) is 23.1 Å². The number of anilines is 2. The molecule has 0 aliphatic carbocycles. The fraction of sp³-hybridized carbons (Fsp3) is 0.394. The smallest absolute Gasteiger partial charge is 0.337 e. The zero-order chi connectivity index (χ0) is 30.5. The number of para-hydroxylation sites is 1. The number of morpholine rings is 2. The lowest BCUT2D eigenvalue weighted by Gasteiger charge is -2.37. The molecule has 3 fully saturated rings. The number of halogens is 2. The first kappa shape index (κ1) is 28.9. The number of amides is 1. The Balaban J connectivity index is 1.19. The van der Waals surface area contributed by atoms with Crippen LogP contribution in [0.2, 0.25) is 5.02 Å². The number of ether oxygens (including phenoxy) is 3. The Hall–Kier alpha value is -3.86. The van der Waals surface area contributed by atoms with E-state index in [0.29, 0.717) is 54.0 Å². The van der Waals surface area contributed by atoms with Crippen molar-refractivity contribution in [3.8, 4) is 16.9 Å². The molecule has 11 heteroatoms. The van der Waals surface area contributed by atoms with Crippen molar-refractivity contribution < 1.29 is 33.3 Å². The quantitative estimate of drug-likeness (QED) is 0.408. The summed E-state index contributed by atoms with van der Waals surface area (Å²) < 4.78 is 33.0. The minimum absolute atomic E-state index is 0.0425. The lowest BCUT2D eigenvalue weighted by molar-refractivity contribution is 0.0515. The molecule has 4 aliphatic heterocycles. The zero-order valence-electron chi connectivity index (χ0n) is 24.4. The molecule has 2 atom stereocenters. The van der Waals surface area contributed by atoms with E-state index in [0.717, 1.165) is 48.8 Å². The minimum Gasteiger partial charge on any atom is -0.478 e. The van der Waals surface area contributed by atoms with Crippen molar-refractivity contribution >= 4 is 34.9 Å². The fourth-order valence-corrected chi connectivity index (χ4v) is 7.29. The van der Waals surface area contributed by atoms with Gasteiger partial charge in [0.1, 0.15) is 11.6 Å². The molecule has 2 unspecified atom stereocenters. The number of carbonyl (C=O) groups excluding carboxylic acids is 1. The molecule has 2 bridgehead atoms. The highest BCUT2D eigenvalue weighted by Crippen LogP contribution is 2.43. The van der Waals surface area contributed by atoms with Gasteiger partial charge in [0.15, 0.2) is 6.73 Å². The maximum atomic E-state index is 15.7. The number of hydrogen-bond acceptors (Lipinski definition) is 7. The van der Waals surface area contributed by atoms with Crippen molar-refractivity contribution in [2.24, 2.45) is 0 Å². The second-order valence-corrected chi connectivity index (χ2v) is 12.2. The molecule has 3 saturated heterocycles. The van der Waals surface area contributed by atoms with Crippen LogP contribution in [0.25, 0.3) is 11.1 Å². The third-order valence-electron chi connectivity index (χ3n) is 9.10. The number of carboxylic acid groups (broad SMARTS) is 1. The average molecular weight is 622 g/mol. The number of hydrogen-bond donors (Lipinski definition) is 1. The molecule has 7 rings (SSSR count). The van der Waals surface area contributed by atoms with Crippen LogP contribution in [0.1, 0.15) is 44.7 Å². The lowest BCUT2D eigenvalue weighted by atomic mass is 9.96. The minimum atomic E-state index is -1.18. The molecule has 0 saturated carbocycles. The van der Waals surface area contributed by atoms with Crippen molar-refractivity contribution in [2.75, 3.05) is 56.0 Å². The van der Waals surface area contributed by atoms with E-state index in [2.05, 4.69) is 9.80 Å². The van der Waals surface area contributed by atoms with Crippen molar-refractivity contribution in [1.82, 2.24) is 4.90 Å². The average Bonchev–Trinajstić information content (AvgIpc) is 3.27. The van der Waals surface area contributed by atoms with Gasteiger partial charge in [-0.3, -0.25) is 4.79 Å². The summed E-state index contributed by atoms with van der Waals surface area (Å²) in [6, 6.07) is 12.0. The molecule has 9 nitrogen and oxygen atoms in total. The highest BCUT2D eigenvalue weighted by Gasteiger charge is 2.40. The van der Waals surface area contributed by atoms with Gasteiger partial charge >= 0.3 is 5.97 Å². The number of carboxylic acids is 1. The van der Waals surface area contributed by atoms with Gasteiger partial charge < -0.3 is 34.0 Å². The number of fused-ring (bicyclic) bond motifs is 3. The second kappa shape index (κ2) is 11.6. The highest BCUT2D eigenvalue weighted by molar-refractivity contribution is 6.34. The van der Waals surface area contributed by atoms with E-state index in [-0.39, 0.29) is 42.4 Å². The Morgan fingerprint density at radius 2 is 1.75 bits per heavy atom. The van der Waals surface area contributed by atoms with Gasteiger partial charge in [-0.15, -0.1) is 0 Å². The van der Waals surface area contributed by atoms with Crippen LogP contribution in [0, 0.1) is 12.7 Å². The summed E-state index contributed by atoms with van der Waals surface area (Å²) in [6.45, 7) is 5.91. The third kappa shape index (κ3) is 5.04. The van der Waals surface area contributed by atoms with E-state index in [4.69, 9.17) is 25.8 Å². The van der Waals surface area contributed by atoms with E-state index < -0.39 is 11.8 Å². The van der Waals surface area contributed by atoms with E-state index in [1.807, 2.05) is 25.1 Å². The molecule has 1 amide bonds. The zero-order valence-corrected chi connectivity index (χ0v) is 25.1. The summed E-state index contributed by atoms with van der Waals surface area (Å²) in [5.41, 5.74) is 4.05. The Kier molecular flexibility index (Phi) is 7.60. The van der Waals surface area contributed by atoms with Crippen LogP contribution in [0.4, 0.5) is 15.8 Å². The van der Waals surface area contributed by atoms with Crippen molar-refractivity contribution in [3.05, 3.63) is 75.6 Å². The van der Waals surface area contributed by atoms with Gasteiger partial charge in [-0.25, -0.2) is 9.18 Å². The predicted molar refractivity (Wildman–Crippen MR) is 163 cm³/mol. The Morgan fingerprint density at radius 3 is 2.45 bits per heavy atom. The van der Waals surface area contributed by atoms with Crippen LogP contribution in [0.15, 0.2) is 42.5 Å².